The maximum atomic E-state index is 12.3. The van der Waals surface area contributed by atoms with Gasteiger partial charge in [0.15, 0.2) is 0 Å². The number of rotatable bonds is 4. The van der Waals surface area contributed by atoms with Gasteiger partial charge in [-0.3, -0.25) is 4.79 Å². The van der Waals surface area contributed by atoms with Gasteiger partial charge in [-0.15, -0.1) is 11.3 Å². The lowest BCUT2D eigenvalue weighted by molar-refractivity contribution is 0.0705. The number of carbonyl (C=O) groups is 1. The number of aliphatic hydroxyl groups is 1. The van der Waals surface area contributed by atoms with Crippen molar-refractivity contribution in [2.45, 2.75) is 33.2 Å². The molecule has 0 radical (unpaired) electrons. The topological polar surface area (TPSA) is 40.5 Å². The number of hydrogen-bond donors (Lipinski definition) is 1. The molecular weight excluding hydrogens is 246 g/mol. The predicted molar refractivity (Wildman–Crippen MR) is 74.7 cm³/mol. The lowest BCUT2D eigenvalue weighted by Crippen LogP contribution is -2.37. The molecule has 0 aliphatic rings. The monoisotopic (exact) mass is 265 g/mol. The SMILES string of the molecule is CCC(C)N(CC)C(=O)c1ccc(C#CCO)s1. The molecule has 0 saturated heterocycles. The second kappa shape index (κ2) is 7.20. The van der Waals surface area contributed by atoms with Gasteiger partial charge in [-0.25, -0.2) is 0 Å². The Kier molecular flexibility index (Phi) is 5.90. The molecule has 0 saturated carbocycles. The molecule has 1 aromatic heterocycles. The summed E-state index contributed by atoms with van der Waals surface area (Å²) in [7, 11) is 0. The molecule has 0 aromatic carbocycles. The number of aliphatic hydroxyl groups excluding tert-OH is 1. The molecule has 0 aliphatic carbocycles. The van der Waals surface area contributed by atoms with E-state index in [0.717, 1.165) is 11.3 Å². The molecule has 98 valence electrons. The Morgan fingerprint density at radius 2 is 2.22 bits per heavy atom. The highest BCUT2D eigenvalue weighted by Gasteiger charge is 2.19. The average Bonchev–Trinajstić information content (AvgIpc) is 2.85. The maximum Gasteiger partial charge on any atom is 0.264 e. The van der Waals surface area contributed by atoms with Crippen LogP contribution in [0.5, 0.6) is 0 Å². The van der Waals surface area contributed by atoms with Crippen LogP contribution in [-0.2, 0) is 0 Å². The van der Waals surface area contributed by atoms with Crippen LogP contribution in [0.4, 0.5) is 0 Å². The molecule has 1 aromatic rings. The van der Waals surface area contributed by atoms with Crippen molar-refractivity contribution in [3.8, 4) is 11.8 Å². The Balaban J connectivity index is 2.86. The van der Waals surface area contributed by atoms with Crippen molar-refractivity contribution in [2.75, 3.05) is 13.2 Å². The largest absolute Gasteiger partial charge is 0.384 e. The van der Waals surface area contributed by atoms with E-state index in [-0.39, 0.29) is 18.6 Å². The molecule has 1 unspecified atom stereocenters. The van der Waals surface area contributed by atoms with Crippen molar-refractivity contribution in [3.05, 3.63) is 21.9 Å². The highest BCUT2D eigenvalue weighted by Crippen LogP contribution is 2.19. The zero-order valence-corrected chi connectivity index (χ0v) is 11.9. The molecule has 0 bridgehead atoms. The molecule has 0 spiro atoms. The van der Waals surface area contributed by atoms with Crippen molar-refractivity contribution >= 4 is 17.2 Å². The van der Waals surface area contributed by atoms with Gasteiger partial charge >= 0.3 is 0 Å². The Morgan fingerprint density at radius 3 is 2.78 bits per heavy atom. The lowest BCUT2D eigenvalue weighted by atomic mass is 10.2. The van der Waals surface area contributed by atoms with Gasteiger partial charge in [-0.1, -0.05) is 18.8 Å². The number of thiophene rings is 1. The Morgan fingerprint density at radius 1 is 1.50 bits per heavy atom. The lowest BCUT2D eigenvalue weighted by Gasteiger charge is -2.26. The Bertz CT molecular complexity index is 456. The summed E-state index contributed by atoms with van der Waals surface area (Å²) in [5.41, 5.74) is 0. The zero-order chi connectivity index (χ0) is 13.5. The van der Waals surface area contributed by atoms with E-state index in [1.165, 1.54) is 11.3 Å². The van der Waals surface area contributed by atoms with Gasteiger partial charge < -0.3 is 10.0 Å². The average molecular weight is 265 g/mol. The van der Waals surface area contributed by atoms with Crippen LogP contribution in [0.25, 0.3) is 0 Å². The van der Waals surface area contributed by atoms with Crippen LogP contribution < -0.4 is 0 Å². The summed E-state index contributed by atoms with van der Waals surface area (Å²) in [6.07, 6.45) is 0.947. The van der Waals surface area contributed by atoms with Gasteiger partial charge in [0, 0.05) is 12.6 Å². The molecule has 1 atom stereocenters. The summed E-state index contributed by atoms with van der Waals surface area (Å²) >= 11 is 1.38. The summed E-state index contributed by atoms with van der Waals surface area (Å²) in [5.74, 6) is 5.47. The quantitative estimate of drug-likeness (QED) is 0.849. The molecule has 18 heavy (non-hydrogen) atoms. The summed E-state index contributed by atoms with van der Waals surface area (Å²) in [6, 6.07) is 3.88. The minimum absolute atomic E-state index is 0.0638. The molecule has 4 heteroatoms. The van der Waals surface area contributed by atoms with Crippen molar-refractivity contribution in [3.63, 3.8) is 0 Å². The van der Waals surface area contributed by atoms with Crippen molar-refractivity contribution in [1.82, 2.24) is 4.90 Å². The molecule has 0 fully saturated rings. The Labute approximate surface area is 112 Å². The smallest absolute Gasteiger partial charge is 0.264 e. The van der Waals surface area contributed by atoms with Crippen LogP contribution in [0, 0.1) is 11.8 Å². The van der Waals surface area contributed by atoms with Gasteiger partial charge in [-0.05, 0) is 32.4 Å². The summed E-state index contributed by atoms with van der Waals surface area (Å²) in [6.45, 7) is 6.68. The molecule has 1 N–H and O–H groups in total. The minimum Gasteiger partial charge on any atom is -0.384 e. The zero-order valence-electron chi connectivity index (χ0n) is 11.1. The standard InChI is InChI=1S/C14H19NO2S/c1-4-11(3)15(5-2)14(17)13-9-8-12(18-13)7-6-10-16/h8-9,11,16H,4-5,10H2,1-3H3. The van der Waals surface area contributed by atoms with E-state index < -0.39 is 0 Å². The third kappa shape index (κ3) is 3.59. The van der Waals surface area contributed by atoms with E-state index >= 15 is 0 Å². The summed E-state index contributed by atoms with van der Waals surface area (Å²) < 4.78 is 0. The molecule has 3 nitrogen and oxygen atoms in total. The normalized spacial score (nSPS) is 11.6. The third-order valence-electron chi connectivity index (χ3n) is 2.83. The fourth-order valence-electron chi connectivity index (χ4n) is 1.66. The Hall–Kier alpha value is -1.31. The van der Waals surface area contributed by atoms with Crippen LogP contribution in [0.15, 0.2) is 12.1 Å². The second-order valence-corrected chi connectivity index (χ2v) is 5.06. The number of carbonyl (C=O) groups excluding carboxylic acids is 1. The third-order valence-corrected chi connectivity index (χ3v) is 3.82. The van der Waals surface area contributed by atoms with E-state index in [4.69, 9.17) is 5.11 Å². The predicted octanol–water partition coefficient (Wildman–Crippen LogP) is 2.35. The highest BCUT2D eigenvalue weighted by molar-refractivity contribution is 7.14. The summed E-state index contributed by atoms with van der Waals surface area (Å²) in [5, 5.41) is 8.63. The van der Waals surface area contributed by atoms with E-state index in [0.29, 0.717) is 11.4 Å². The van der Waals surface area contributed by atoms with E-state index in [1.54, 1.807) is 6.07 Å². The molecule has 0 aliphatic heterocycles. The van der Waals surface area contributed by atoms with Gasteiger partial charge in [0.2, 0.25) is 0 Å². The van der Waals surface area contributed by atoms with Crippen molar-refractivity contribution in [1.29, 1.82) is 0 Å². The van der Waals surface area contributed by atoms with Crippen LogP contribution in [0.3, 0.4) is 0 Å². The van der Waals surface area contributed by atoms with Crippen molar-refractivity contribution in [2.24, 2.45) is 0 Å². The molecule has 1 heterocycles. The maximum absolute atomic E-state index is 12.3. The molecule has 1 rings (SSSR count). The second-order valence-electron chi connectivity index (χ2n) is 3.97. The van der Waals surface area contributed by atoms with Gasteiger partial charge in [-0.2, -0.15) is 0 Å². The van der Waals surface area contributed by atoms with Crippen molar-refractivity contribution < 1.29 is 9.90 Å². The van der Waals surface area contributed by atoms with Gasteiger partial charge in [0.25, 0.3) is 5.91 Å². The van der Waals surface area contributed by atoms with Gasteiger partial charge in [0.05, 0.1) is 9.75 Å². The van der Waals surface area contributed by atoms with Crippen LogP contribution in [-0.4, -0.2) is 35.1 Å². The first kappa shape index (κ1) is 14.7. The fraction of sp³-hybridized carbons (Fsp3) is 0.500. The first-order valence-corrected chi connectivity index (χ1v) is 6.96. The first-order chi connectivity index (χ1) is 8.63. The molecule has 1 amide bonds. The van der Waals surface area contributed by atoms with Gasteiger partial charge in [0.1, 0.15) is 6.61 Å². The number of nitrogens with zero attached hydrogens (tertiary/aromatic N) is 1. The van der Waals surface area contributed by atoms with E-state index in [1.807, 2.05) is 17.9 Å². The van der Waals surface area contributed by atoms with Crippen LogP contribution in [0.2, 0.25) is 0 Å². The van der Waals surface area contributed by atoms with Crippen LogP contribution in [0.1, 0.15) is 41.7 Å². The first-order valence-electron chi connectivity index (χ1n) is 6.14. The van der Waals surface area contributed by atoms with E-state index in [9.17, 15) is 4.79 Å². The highest BCUT2D eigenvalue weighted by atomic mass is 32.1. The number of hydrogen-bond acceptors (Lipinski definition) is 3. The van der Waals surface area contributed by atoms with Crippen LogP contribution >= 0.6 is 11.3 Å². The van der Waals surface area contributed by atoms with E-state index in [2.05, 4.69) is 25.7 Å². The number of amides is 1. The fourth-order valence-corrected chi connectivity index (χ4v) is 2.50. The summed E-state index contributed by atoms with van der Waals surface area (Å²) in [4.78, 5) is 15.7. The molecular formula is C14H19NO2S. The minimum atomic E-state index is -0.158.